The molecule has 0 saturated heterocycles. The molecule has 0 amide bonds. The second-order valence-electron chi connectivity index (χ2n) is 4.08. The number of ether oxygens (including phenoxy) is 1. The van der Waals surface area contributed by atoms with E-state index in [2.05, 4.69) is 5.43 Å². The lowest BCUT2D eigenvalue weighted by molar-refractivity contribution is 0.416. The minimum Gasteiger partial charge on any atom is -0.496 e. The van der Waals surface area contributed by atoms with E-state index in [0.717, 1.165) is 0 Å². The van der Waals surface area contributed by atoms with E-state index in [4.69, 9.17) is 10.6 Å². The number of hydrazine groups is 1. The molecule has 1 atom stereocenters. The van der Waals surface area contributed by atoms with Crippen LogP contribution in [-0.2, 0) is 0 Å². The number of nitrogens with one attached hydrogen (secondary N) is 1. The van der Waals surface area contributed by atoms with E-state index >= 15 is 0 Å². The molecule has 2 aromatic rings. The Morgan fingerprint density at radius 1 is 1.37 bits per heavy atom. The number of aryl methyl sites for hydroxylation is 1. The van der Waals surface area contributed by atoms with Gasteiger partial charge in [0.15, 0.2) is 0 Å². The monoisotopic (exact) mass is 284 g/mol. The minimum absolute atomic E-state index is 0.0768. The van der Waals surface area contributed by atoms with E-state index in [1.807, 2.05) is 0 Å². The number of nitrogens with two attached hydrogens (primary N) is 1. The second-order valence-corrected chi connectivity index (χ2v) is 5.02. The van der Waals surface area contributed by atoms with Crippen molar-refractivity contribution in [1.29, 1.82) is 0 Å². The van der Waals surface area contributed by atoms with Crippen molar-refractivity contribution in [2.75, 3.05) is 7.11 Å². The van der Waals surface area contributed by atoms with Gasteiger partial charge in [-0.1, -0.05) is 6.07 Å². The Bertz CT molecular complexity index is 586. The molecule has 0 aliphatic carbocycles. The molecular formula is C13H14F2N2OS. The molecule has 6 heteroatoms. The average molecular weight is 284 g/mol. The van der Waals surface area contributed by atoms with Crippen LogP contribution in [0.15, 0.2) is 23.6 Å². The SMILES string of the molecule is COc1csc(C(NN)c2c(F)ccc(C)c2F)c1. The summed E-state index contributed by atoms with van der Waals surface area (Å²) in [5.41, 5.74) is 2.75. The third-order valence-electron chi connectivity index (χ3n) is 2.89. The van der Waals surface area contributed by atoms with Gasteiger partial charge in [-0.25, -0.2) is 14.2 Å². The topological polar surface area (TPSA) is 47.3 Å². The van der Waals surface area contributed by atoms with Gasteiger partial charge in [-0.2, -0.15) is 0 Å². The summed E-state index contributed by atoms with van der Waals surface area (Å²) in [4.78, 5) is 0.683. The van der Waals surface area contributed by atoms with Crippen molar-refractivity contribution in [2.45, 2.75) is 13.0 Å². The van der Waals surface area contributed by atoms with Crippen molar-refractivity contribution in [1.82, 2.24) is 5.43 Å². The number of halogens is 2. The number of hydrogen-bond acceptors (Lipinski definition) is 4. The van der Waals surface area contributed by atoms with Crippen molar-refractivity contribution < 1.29 is 13.5 Å². The summed E-state index contributed by atoms with van der Waals surface area (Å²) >= 11 is 1.32. The van der Waals surface area contributed by atoms with Gasteiger partial charge in [0.2, 0.25) is 0 Å². The highest BCUT2D eigenvalue weighted by Gasteiger charge is 2.23. The molecule has 0 bridgehead atoms. The standard InChI is InChI=1S/C13H14F2N2OS/c1-7-3-4-9(14)11(12(7)15)13(17-16)10-5-8(18-2)6-19-10/h3-6,13,17H,16H2,1-2H3. The lowest BCUT2D eigenvalue weighted by Crippen LogP contribution is -2.30. The van der Waals surface area contributed by atoms with E-state index in [9.17, 15) is 8.78 Å². The van der Waals surface area contributed by atoms with Crippen LogP contribution in [0.2, 0.25) is 0 Å². The van der Waals surface area contributed by atoms with Crippen LogP contribution < -0.4 is 16.0 Å². The van der Waals surface area contributed by atoms with E-state index in [-0.39, 0.29) is 5.56 Å². The first kappa shape index (κ1) is 13.9. The molecule has 1 unspecified atom stereocenters. The van der Waals surface area contributed by atoms with Crippen LogP contribution in [0, 0.1) is 18.6 Å². The fourth-order valence-corrected chi connectivity index (χ4v) is 2.77. The van der Waals surface area contributed by atoms with Gasteiger partial charge in [0.05, 0.1) is 13.2 Å². The molecule has 0 saturated carbocycles. The van der Waals surface area contributed by atoms with Crippen LogP contribution in [-0.4, -0.2) is 7.11 Å². The first-order valence-corrected chi connectivity index (χ1v) is 6.49. The van der Waals surface area contributed by atoms with Crippen LogP contribution in [0.4, 0.5) is 8.78 Å². The maximum atomic E-state index is 14.1. The van der Waals surface area contributed by atoms with Gasteiger partial charge in [0, 0.05) is 15.8 Å². The highest BCUT2D eigenvalue weighted by molar-refractivity contribution is 7.10. The summed E-state index contributed by atoms with van der Waals surface area (Å²) < 4.78 is 33.1. The molecule has 0 fully saturated rings. The minimum atomic E-state index is -0.742. The largest absolute Gasteiger partial charge is 0.496 e. The summed E-state index contributed by atoms with van der Waals surface area (Å²) in [5.74, 6) is 4.88. The fourth-order valence-electron chi connectivity index (χ4n) is 1.84. The molecule has 3 N–H and O–H groups in total. The summed E-state index contributed by atoms with van der Waals surface area (Å²) in [5, 5.41) is 1.76. The van der Waals surface area contributed by atoms with E-state index < -0.39 is 17.7 Å². The first-order valence-electron chi connectivity index (χ1n) is 5.61. The molecule has 0 radical (unpaired) electrons. The first-order chi connectivity index (χ1) is 9.08. The highest BCUT2D eigenvalue weighted by atomic mass is 32.1. The van der Waals surface area contributed by atoms with E-state index in [1.54, 1.807) is 18.4 Å². The number of benzene rings is 1. The Kier molecular flexibility index (Phi) is 4.14. The zero-order valence-electron chi connectivity index (χ0n) is 10.5. The van der Waals surface area contributed by atoms with Crippen molar-refractivity contribution in [2.24, 2.45) is 5.84 Å². The molecule has 1 heterocycles. The zero-order valence-corrected chi connectivity index (χ0v) is 11.4. The van der Waals surface area contributed by atoms with Gasteiger partial charge in [-0.15, -0.1) is 11.3 Å². The van der Waals surface area contributed by atoms with Crippen LogP contribution in [0.1, 0.15) is 22.0 Å². The van der Waals surface area contributed by atoms with Gasteiger partial charge < -0.3 is 4.74 Å². The van der Waals surface area contributed by atoms with Crippen molar-refractivity contribution in [3.63, 3.8) is 0 Å². The molecule has 3 nitrogen and oxygen atoms in total. The van der Waals surface area contributed by atoms with Gasteiger partial charge in [-0.3, -0.25) is 5.84 Å². The molecule has 0 spiro atoms. The van der Waals surface area contributed by atoms with Crippen LogP contribution in [0.3, 0.4) is 0 Å². The smallest absolute Gasteiger partial charge is 0.134 e. The molecule has 0 aliphatic rings. The lowest BCUT2D eigenvalue weighted by atomic mass is 10.0. The summed E-state index contributed by atoms with van der Waals surface area (Å²) in [6.45, 7) is 1.58. The summed E-state index contributed by atoms with van der Waals surface area (Å²) in [6, 6.07) is 3.60. The average Bonchev–Trinajstić information content (AvgIpc) is 2.87. The Morgan fingerprint density at radius 3 is 2.68 bits per heavy atom. The Labute approximate surface area is 114 Å². The maximum Gasteiger partial charge on any atom is 0.134 e. The zero-order chi connectivity index (χ0) is 14.0. The van der Waals surface area contributed by atoms with Crippen molar-refractivity contribution in [3.05, 3.63) is 51.2 Å². The van der Waals surface area contributed by atoms with Crippen LogP contribution in [0.25, 0.3) is 0 Å². The fraction of sp³-hybridized carbons (Fsp3) is 0.231. The van der Waals surface area contributed by atoms with Crippen LogP contribution in [0.5, 0.6) is 5.75 Å². The van der Waals surface area contributed by atoms with Gasteiger partial charge in [0.1, 0.15) is 17.4 Å². The summed E-state index contributed by atoms with van der Waals surface area (Å²) in [6.07, 6.45) is 0. The Hall–Kier alpha value is -1.50. The van der Waals surface area contributed by atoms with Gasteiger partial charge in [0.25, 0.3) is 0 Å². The highest BCUT2D eigenvalue weighted by Crippen LogP contribution is 2.33. The number of hydrogen-bond donors (Lipinski definition) is 2. The molecule has 2 rings (SSSR count). The molecule has 19 heavy (non-hydrogen) atoms. The third-order valence-corrected chi connectivity index (χ3v) is 3.87. The maximum absolute atomic E-state index is 14.1. The number of thiophene rings is 1. The Morgan fingerprint density at radius 2 is 2.11 bits per heavy atom. The summed E-state index contributed by atoms with van der Waals surface area (Å²) in [7, 11) is 1.53. The van der Waals surface area contributed by atoms with Gasteiger partial charge in [-0.05, 0) is 24.6 Å². The molecule has 1 aromatic heterocycles. The molecule has 0 aliphatic heterocycles. The van der Waals surface area contributed by atoms with E-state index in [0.29, 0.717) is 16.2 Å². The van der Waals surface area contributed by atoms with E-state index in [1.165, 1.54) is 30.6 Å². The molecule has 1 aromatic carbocycles. The normalized spacial score (nSPS) is 12.5. The van der Waals surface area contributed by atoms with Gasteiger partial charge >= 0.3 is 0 Å². The van der Waals surface area contributed by atoms with Crippen molar-refractivity contribution in [3.8, 4) is 5.75 Å². The van der Waals surface area contributed by atoms with Crippen molar-refractivity contribution >= 4 is 11.3 Å². The quantitative estimate of drug-likeness (QED) is 0.670. The van der Waals surface area contributed by atoms with Crippen LogP contribution >= 0.6 is 11.3 Å². The number of methoxy groups -OCH3 is 1. The molecule has 102 valence electrons. The predicted octanol–water partition coefficient (Wildman–Crippen LogP) is 2.90. The second kappa shape index (κ2) is 5.64. The third kappa shape index (κ3) is 2.60. The molecular weight excluding hydrogens is 270 g/mol. The Balaban J connectivity index is 2.50. The lowest BCUT2D eigenvalue weighted by Gasteiger charge is -2.17. The number of rotatable bonds is 4. The predicted molar refractivity (Wildman–Crippen MR) is 71.1 cm³/mol.